The second kappa shape index (κ2) is 9.13. The van der Waals surface area contributed by atoms with Crippen LogP contribution in [0.5, 0.6) is 34.5 Å². The van der Waals surface area contributed by atoms with E-state index < -0.39 is 88.2 Å². The normalized spacial score (nSPS) is 24.4. The van der Waals surface area contributed by atoms with Gasteiger partial charge in [-0.15, -0.1) is 0 Å². The van der Waals surface area contributed by atoms with Crippen LogP contribution in [0.1, 0.15) is 0 Å². The summed E-state index contributed by atoms with van der Waals surface area (Å²) in [7, 11) is 1.20. The molecule has 1 aromatic heterocycles. The minimum absolute atomic E-state index is 0.0411. The van der Waals surface area contributed by atoms with E-state index in [1.807, 2.05) is 0 Å². The van der Waals surface area contributed by atoms with Gasteiger partial charge in [0, 0.05) is 11.6 Å². The van der Waals surface area contributed by atoms with Crippen LogP contribution in [0, 0.1) is 0 Å². The first kappa shape index (κ1) is 24.4. The third-order valence-corrected chi connectivity index (χ3v) is 5.58. The number of methoxy groups -OCH3 is 1. The van der Waals surface area contributed by atoms with Crippen molar-refractivity contribution < 1.29 is 59.5 Å². The summed E-state index contributed by atoms with van der Waals surface area (Å²) in [5.41, 5.74) is -1.60. The highest BCUT2D eigenvalue weighted by molar-refractivity contribution is 5.93. The van der Waals surface area contributed by atoms with E-state index in [0.29, 0.717) is 0 Å². The molecule has 1 saturated heterocycles. The second-order valence-corrected chi connectivity index (χ2v) is 7.76. The Morgan fingerprint density at radius 1 is 0.943 bits per heavy atom. The van der Waals surface area contributed by atoms with Crippen LogP contribution < -0.4 is 14.9 Å². The van der Waals surface area contributed by atoms with Crippen LogP contribution in [0.3, 0.4) is 0 Å². The Morgan fingerprint density at radius 2 is 1.66 bits per heavy atom. The first-order valence-corrected chi connectivity index (χ1v) is 10.2. The molecule has 8 N–H and O–H groups in total. The van der Waals surface area contributed by atoms with Crippen LogP contribution in [0.2, 0.25) is 0 Å². The highest BCUT2D eigenvalue weighted by atomic mass is 16.7. The number of aliphatic hydroxyl groups is 4. The number of ether oxygens (including phenoxy) is 3. The Labute approximate surface area is 195 Å². The molecular formula is C22H22O13. The first-order valence-electron chi connectivity index (χ1n) is 10.2. The fraction of sp³-hybridized carbons (Fsp3) is 0.318. The summed E-state index contributed by atoms with van der Waals surface area (Å²) in [5.74, 6) is -3.72. The second-order valence-electron chi connectivity index (χ2n) is 7.76. The topological polar surface area (TPSA) is 220 Å². The minimum atomic E-state index is -1.89. The Balaban J connectivity index is 1.96. The van der Waals surface area contributed by atoms with Crippen molar-refractivity contribution in [2.45, 2.75) is 30.7 Å². The quantitative estimate of drug-likeness (QED) is 0.165. The lowest BCUT2D eigenvalue weighted by atomic mass is 9.99. The lowest BCUT2D eigenvalue weighted by Gasteiger charge is -2.39. The molecule has 0 amide bonds. The molecule has 188 valence electrons. The van der Waals surface area contributed by atoms with Crippen LogP contribution in [0.4, 0.5) is 0 Å². The van der Waals surface area contributed by atoms with E-state index in [0.717, 1.165) is 18.2 Å². The van der Waals surface area contributed by atoms with Gasteiger partial charge in [-0.1, -0.05) is 0 Å². The smallest absolute Gasteiger partial charge is 0.239 e. The lowest BCUT2D eigenvalue weighted by molar-refractivity contribution is -0.277. The van der Waals surface area contributed by atoms with Crippen LogP contribution in [-0.4, -0.2) is 85.3 Å². The maximum absolute atomic E-state index is 13.4. The van der Waals surface area contributed by atoms with Gasteiger partial charge in [-0.05, 0) is 18.2 Å². The van der Waals surface area contributed by atoms with Crippen molar-refractivity contribution in [2.24, 2.45) is 0 Å². The Morgan fingerprint density at radius 3 is 2.29 bits per heavy atom. The molecule has 13 heteroatoms. The van der Waals surface area contributed by atoms with Gasteiger partial charge in [-0.25, -0.2) is 0 Å². The summed E-state index contributed by atoms with van der Waals surface area (Å²) in [6.45, 7) is -0.760. The van der Waals surface area contributed by atoms with Gasteiger partial charge >= 0.3 is 0 Å². The van der Waals surface area contributed by atoms with Crippen molar-refractivity contribution in [1.82, 2.24) is 0 Å². The standard InChI is InChI=1S/C22H22O13/c1-32-11-5-10(26)13-16(29)21(35-22-18(31)17(30)14(27)12(6-23)33-22)19(34-20(13)15(11)28)7-2-3-8(24)9(25)4-7/h2-5,12,14,17-18,22-28,30-31H,6H2,1H3/t12-,14+,17?,18?,22+/m1/s1. The number of rotatable bonds is 5. The molecule has 3 aromatic rings. The molecule has 0 aliphatic carbocycles. The number of fused-ring (bicyclic) bond motifs is 1. The lowest BCUT2D eigenvalue weighted by Crippen LogP contribution is -2.60. The van der Waals surface area contributed by atoms with Gasteiger partial charge < -0.3 is 59.5 Å². The highest BCUT2D eigenvalue weighted by Crippen LogP contribution is 2.44. The summed E-state index contributed by atoms with van der Waals surface area (Å²) in [5, 5.41) is 79.8. The van der Waals surface area contributed by atoms with E-state index in [-0.39, 0.29) is 11.3 Å². The summed E-state index contributed by atoms with van der Waals surface area (Å²) >= 11 is 0. The average Bonchev–Trinajstić information content (AvgIpc) is 2.84. The van der Waals surface area contributed by atoms with Crippen LogP contribution in [-0.2, 0) is 4.74 Å². The maximum Gasteiger partial charge on any atom is 0.239 e. The van der Waals surface area contributed by atoms with Gasteiger partial charge in [0.1, 0.15) is 35.6 Å². The van der Waals surface area contributed by atoms with Crippen LogP contribution >= 0.6 is 0 Å². The van der Waals surface area contributed by atoms with Crippen molar-refractivity contribution in [3.8, 4) is 45.8 Å². The zero-order valence-electron chi connectivity index (χ0n) is 18.0. The van der Waals surface area contributed by atoms with E-state index in [2.05, 4.69) is 0 Å². The molecular weight excluding hydrogens is 472 g/mol. The van der Waals surface area contributed by atoms with Crippen molar-refractivity contribution >= 4 is 11.0 Å². The fourth-order valence-corrected chi connectivity index (χ4v) is 3.69. The number of aromatic hydroxyl groups is 4. The first-order chi connectivity index (χ1) is 16.6. The molecule has 0 spiro atoms. The number of hydrogen-bond donors (Lipinski definition) is 8. The molecule has 1 aliphatic rings. The Hall–Kier alpha value is -3.75. The molecule has 0 radical (unpaired) electrons. The number of phenols is 4. The Kier molecular flexibility index (Phi) is 6.36. The van der Waals surface area contributed by atoms with E-state index in [1.165, 1.54) is 13.2 Å². The summed E-state index contributed by atoms with van der Waals surface area (Å²) in [6.07, 6.45) is -8.55. The van der Waals surface area contributed by atoms with Gasteiger partial charge in [-0.2, -0.15) is 0 Å². The third-order valence-electron chi connectivity index (χ3n) is 5.58. The van der Waals surface area contributed by atoms with Crippen molar-refractivity contribution in [1.29, 1.82) is 0 Å². The molecule has 2 heterocycles. The molecule has 2 unspecified atom stereocenters. The summed E-state index contributed by atoms with van der Waals surface area (Å²) in [6, 6.07) is 4.28. The van der Waals surface area contributed by atoms with Gasteiger partial charge in [-0.3, -0.25) is 4.79 Å². The van der Waals surface area contributed by atoms with E-state index >= 15 is 0 Å². The van der Waals surface area contributed by atoms with Gasteiger partial charge in [0.25, 0.3) is 0 Å². The van der Waals surface area contributed by atoms with Gasteiger partial charge in [0.2, 0.25) is 23.2 Å². The number of hydrogen-bond acceptors (Lipinski definition) is 13. The molecule has 2 aromatic carbocycles. The average molecular weight is 494 g/mol. The molecule has 0 saturated carbocycles. The van der Waals surface area contributed by atoms with Crippen molar-refractivity contribution in [2.75, 3.05) is 13.7 Å². The number of aliphatic hydroxyl groups excluding tert-OH is 4. The predicted octanol–water partition coefficient (Wildman–Crippen LogP) is -0.530. The Bertz CT molecular complexity index is 1320. The van der Waals surface area contributed by atoms with Crippen molar-refractivity contribution in [3.05, 3.63) is 34.5 Å². The van der Waals surface area contributed by atoms with E-state index in [1.54, 1.807) is 0 Å². The largest absolute Gasteiger partial charge is 0.507 e. The predicted molar refractivity (Wildman–Crippen MR) is 116 cm³/mol. The van der Waals surface area contributed by atoms with Crippen molar-refractivity contribution in [3.63, 3.8) is 0 Å². The zero-order valence-corrected chi connectivity index (χ0v) is 18.0. The molecule has 4 rings (SSSR count). The minimum Gasteiger partial charge on any atom is -0.507 e. The van der Waals surface area contributed by atoms with E-state index in [9.17, 15) is 45.6 Å². The summed E-state index contributed by atoms with van der Waals surface area (Å²) < 4.78 is 21.5. The fourth-order valence-electron chi connectivity index (χ4n) is 3.69. The molecule has 1 fully saturated rings. The highest BCUT2D eigenvalue weighted by Gasteiger charge is 2.45. The number of phenolic OH excluding ortho intramolecular Hbond substituents is 4. The van der Waals surface area contributed by atoms with Gasteiger partial charge in [0.05, 0.1) is 13.7 Å². The van der Waals surface area contributed by atoms with Crippen LogP contribution in [0.15, 0.2) is 33.5 Å². The summed E-state index contributed by atoms with van der Waals surface area (Å²) in [4.78, 5) is 13.4. The molecule has 5 atom stereocenters. The zero-order chi connectivity index (χ0) is 25.6. The van der Waals surface area contributed by atoms with Crippen LogP contribution in [0.25, 0.3) is 22.3 Å². The third kappa shape index (κ3) is 4.05. The maximum atomic E-state index is 13.4. The molecule has 35 heavy (non-hydrogen) atoms. The van der Waals surface area contributed by atoms with E-state index in [4.69, 9.17) is 18.6 Å². The monoisotopic (exact) mass is 494 g/mol. The van der Waals surface area contributed by atoms with Gasteiger partial charge in [0.15, 0.2) is 28.6 Å². The SMILES string of the molecule is COc1cc(O)c2c(=O)c(O[C@@H]3O[C@H](CO)[C@H](O)C(O)C3O)c(-c3ccc(O)c(O)c3)oc2c1O. The molecule has 0 bridgehead atoms. The number of benzene rings is 2. The molecule has 1 aliphatic heterocycles. The molecule has 13 nitrogen and oxygen atoms in total.